The Morgan fingerprint density at radius 1 is 1.30 bits per heavy atom. The molecule has 0 spiro atoms. The molecule has 114 valence electrons. The second kappa shape index (κ2) is 5.98. The zero-order valence-electron chi connectivity index (χ0n) is 12.8. The SMILES string of the molecule is C=Cc1ccc(CN2C(=O)C(C)Oc3ccc(C#N)cc32)cc1. The molecule has 1 heterocycles. The Labute approximate surface area is 135 Å². The normalized spacial score (nSPS) is 16.3. The van der Waals surface area contributed by atoms with E-state index < -0.39 is 6.10 Å². The second-order valence-corrected chi connectivity index (χ2v) is 5.42. The Bertz CT molecular complexity index is 803. The summed E-state index contributed by atoms with van der Waals surface area (Å²) >= 11 is 0. The molecule has 0 aromatic heterocycles. The minimum absolute atomic E-state index is 0.111. The zero-order chi connectivity index (χ0) is 16.4. The second-order valence-electron chi connectivity index (χ2n) is 5.42. The molecule has 0 fully saturated rings. The van der Waals surface area contributed by atoms with Gasteiger partial charge in [-0.25, -0.2) is 0 Å². The molecule has 1 aliphatic rings. The van der Waals surface area contributed by atoms with Crippen molar-refractivity contribution < 1.29 is 9.53 Å². The Hall–Kier alpha value is -3.06. The first-order chi connectivity index (χ1) is 11.1. The van der Waals surface area contributed by atoms with Crippen LogP contribution in [0.2, 0.25) is 0 Å². The summed E-state index contributed by atoms with van der Waals surface area (Å²) in [6.07, 6.45) is 1.24. The van der Waals surface area contributed by atoms with Crippen LogP contribution in [0.15, 0.2) is 49.0 Å². The summed E-state index contributed by atoms with van der Waals surface area (Å²) in [6.45, 7) is 5.91. The largest absolute Gasteiger partial charge is 0.479 e. The van der Waals surface area contributed by atoms with Crippen molar-refractivity contribution in [3.63, 3.8) is 0 Å². The van der Waals surface area contributed by atoms with Gasteiger partial charge in [0.1, 0.15) is 5.75 Å². The number of nitrogens with zero attached hydrogens (tertiary/aromatic N) is 2. The average Bonchev–Trinajstić information content (AvgIpc) is 2.59. The standard InChI is InChI=1S/C19H16N2O2/c1-3-14-4-6-15(7-5-14)12-21-17-10-16(11-20)8-9-18(17)23-13(2)19(21)22/h3-10,13H,1,12H2,2H3. The van der Waals surface area contributed by atoms with E-state index in [1.807, 2.05) is 24.3 Å². The van der Waals surface area contributed by atoms with E-state index in [0.29, 0.717) is 23.5 Å². The predicted octanol–water partition coefficient (Wildman–Crippen LogP) is 3.52. The van der Waals surface area contributed by atoms with Crippen LogP contribution in [-0.4, -0.2) is 12.0 Å². The van der Waals surface area contributed by atoms with Crippen LogP contribution in [0.3, 0.4) is 0 Å². The van der Waals surface area contributed by atoms with Crippen LogP contribution in [0.4, 0.5) is 5.69 Å². The number of carbonyl (C=O) groups excluding carboxylic acids is 1. The monoisotopic (exact) mass is 304 g/mol. The topological polar surface area (TPSA) is 53.3 Å². The van der Waals surface area contributed by atoms with Crippen molar-refractivity contribution in [2.45, 2.75) is 19.6 Å². The first-order valence-corrected chi connectivity index (χ1v) is 7.36. The van der Waals surface area contributed by atoms with E-state index in [9.17, 15) is 4.79 Å². The number of ether oxygens (including phenoxy) is 1. The third-order valence-electron chi connectivity index (χ3n) is 3.85. The van der Waals surface area contributed by atoms with Gasteiger partial charge in [0.25, 0.3) is 5.91 Å². The predicted molar refractivity (Wildman–Crippen MR) is 89.0 cm³/mol. The van der Waals surface area contributed by atoms with Crippen molar-refractivity contribution in [1.29, 1.82) is 5.26 Å². The molecule has 0 N–H and O–H groups in total. The Balaban J connectivity index is 1.98. The molecule has 2 aromatic carbocycles. The van der Waals surface area contributed by atoms with Gasteiger partial charge in [0.15, 0.2) is 6.10 Å². The van der Waals surface area contributed by atoms with Crippen molar-refractivity contribution in [2.75, 3.05) is 4.90 Å². The van der Waals surface area contributed by atoms with Crippen molar-refractivity contribution in [1.82, 2.24) is 0 Å². The number of hydrogen-bond donors (Lipinski definition) is 0. The average molecular weight is 304 g/mol. The first-order valence-electron chi connectivity index (χ1n) is 7.36. The van der Waals surface area contributed by atoms with E-state index in [1.54, 1.807) is 36.1 Å². The first kappa shape index (κ1) is 14.9. The summed E-state index contributed by atoms with van der Waals surface area (Å²) in [7, 11) is 0. The van der Waals surface area contributed by atoms with Crippen molar-refractivity contribution in [2.24, 2.45) is 0 Å². The van der Waals surface area contributed by atoms with Crippen LogP contribution in [0.1, 0.15) is 23.6 Å². The molecule has 1 amide bonds. The van der Waals surface area contributed by atoms with Gasteiger partial charge in [0, 0.05) is 0 Å². The maximum Gasteiger partial charge on any atom is 0.268 e. The van der Waals surface area contributed by atoms with Gasteiger partial charge in [-0.2, -0.15) is 5.26 Å². The number of nitriles is 1. The number of fused-ring (bicyclic) bond motifs is 1. The highest BCUT2D eigenvalue weighted by Crippen LogP contribution is 2.35. The molecule has 1 atom stereocenters. The Kier molecular flexibility index (Phi) is 3.86. The lowest BCUT2D eigenvalue weighted by Gasteiger charge is -2.33. The Morgan fingerprint density at radius 3 is 2.70 bits per heavy atom. The van der Waals surface area contributed by atoms with Gasteiger partial charge in [0.05, 0.1) is 23.9 Å². The molecule has 4 nitrogen and oxygen atoms in total. The van der Waals surface area contributed by atoms with Gasteiger partial charge in [-0.15, -0.1) is 0 Å². The number of rotatable bonds is 3. The third kappa shape index (κ3) is 2.82. The maximum atomic E-state index is 12.5. The molecule has 0 radical (unpaired) electrons. The van der Waals surface area contributed by atoms with Crippen molar-refractivity contribution >= 4 is 17.7 Å². The van der Waals surface area contributed by atoms with Crippen LogP contribution in [0, 0.1) is 11.3 Å². The molecule has 3 rings (SSSR count). The lowest BCUT2D eigenvalue weighted by Crippen LogP contribution is -2.44. The number of benzene rings is 2. The number of hydrogen-bond acceptors (Lipinski definition) is 3. The van der Waals surface area contributed by atoms with Crippen molar-refractivity contribution in [3.8, 4) is 11.8 Å². The smallest absolute Gasteiger partial charge is 0.268 e. The lowest BCUT2D eigenvalue weighted by atomic mass is 10.1. The highest BCUT2D eigenvalue weighted by molar-refractivity contribution is 5.99. The fourth-order valence-corrected chi connectivity index (χ4v) is 2.58. The molecule has 0 saturated carbocycles. The molecule has 1 aliphatic heterocycles. The summed E-state index contributed by atoms with van der Waals surface area (Å²) in [5.41, 5.74) is 3.18. The van der Waals surface area contributed by atoms with Crippen LogP contribution >= 0.6 is 0 Å². The molecule has 0 aliphatic carbocycles. The molecular weight excluding hydrogens is 288 g/mol. The van der Waals surface area contributed by atoms with E-state index in [0.717, 1.165) is 11.1 Å². The van der Waals surface area contributed by atoms with E-state index in [1.165, 1.54) is 0 Å². The van der Waals surface area contributed by atoms with Crippen LogP contribution in [-0.2, 0) is 11.3 Å². The molecule has 0 bridgehead atoms. The summed E-state index contributed by atoms with van der Waals surface area (Å²) in [4.78, 5) is 14.2. The quantitative estimate of drug-likeness (QED) is 0.872. The Morgan fingerprint density at radius 2 is 2.04 bits per heavy atom. The summed E-state index contributed by atoms with van der Waals surface area (Å²) < 4.78 is 5.63. The highest BCUT2D eigenvalue weighted by Gasteiger charge is 2.31. The van der Waals surface area contributed by atoms with Gasteiger partial charge in [-0.05, 0) is 36.2 Å². The molecule has 4 heteroatoms. The minimum Gasteiger partial charge on any atom is -0.479 e. The molecule has 23 heavy (non-hydrogen) atoms. The highest BCUT2D eigenvalue weighted by atomic mass is 16.5. The van der Waals surface area contributed by atoms with Crippen molar-refractivity contribution in [3.05, 3.63) is 65.7 Å². The number of carbonyl (C=O) groups is 1. The summed E-state index contributed by atoms with van der Waals surface area (Å²) in [5, 5.41) is 9.09. The van der Waals surface area contributed by atoms with Crippen LogP contribution in [0.25, 0.3) is 6.08 Å². The van der Waals surface area contributed by atoms with Crippen LogP contribution in [0.5, 0.6) is 5.75 Å². The zero-order valence-corrected chi connectivity index (χ0v) is 12.8. The van der Waals surface area contributed by atoms with Gasteiger partial charge < -0.3 is 9.64 Å². The van der Waals surface area contributed by atoms with Gasteiger partial charge >= 0.3 is 0 Å². The number of anilines is 1. The lowest BCUT2D eigenvalue weighted by molar-refractivity contribution is -0.125. The van der Waals surface area contributed by atoms with Gasteiger partial charge in [-0.1, -0.05) is 36.9 Å². The van der Waals surface area contributed by atoms with E-state index in [2.05, 4.69) is 12.6 Å². The fraction of sp³-hybridized carbons (Fsp3) is 0.158. The van der Waals surface area contributed by atoms with Crippen LogP contribution < -0.4 is 9.64 Å². The fourth-order valence-electron chi connectivity index (χ4n) is 2.58. The number of amides is 1. The molecular formula is C19H16N2O2. The van der Waals surface area contributed by atoms with Gasteiger partial charge in [-0.3, -0.25) is 4.79 Å². The molecule has 0 saturated heterocycles. The molecule has 2 aromatic rings. The third-order valence-corrected chi connectivity index (χ3v) is 3.85. The van der Waals surface area contributed by atoms with E-state index in [4.69, 9.17) is 10.00 Å². The summed E-state index contributed by atoms with van der Waals surface area (Å²) in [6, 6.07) is 15.1. The molecule has 1 unspecified atom stereocenters. The summed E-state index contributed by atoms with van der Waals surface area (Å²) in [5.74, 6) is 0.513. The van der Waals surface area contributed by atoms with Gasteiger partial charge in [0.2, 0.25) is 0 Å². The van der Waals surface area contributed by atoms with E-state index >= 15 is 0 Å². The maximum absolute atomic E-state index is 12.5. The minimum atomic E-state index is -0.539. The van der Waals surface area contributed by atoms with E-state index in [-0.39, 0.29) is 5.91 Å².